The van der Waals surface area contributed by atoms with Crippen LogP contribution in [0.4, 0.5) is 16.4 Å². The molecule has 0 bridgehead atoms. The lowest BCUT2D eigenvalue weighted by atomic mass is 10.4. The largest absolute Gasteiger partial charge is 0.450 e. The number of carbonyl (C=O) groups is 1. The minimum atomic E-state index is -0.678. The summed E-state index contributed by atoms with van der Waals surface area (Å²) >= 11 is 0. The Labute approximate surface area is 101 Å². The molecule has 0 saturated carbocycles. The first-order valence-electron chi connectivity index (χ1n) is 5.04. The van der Waals surface area contributed by atoms with Crippen molar-refractivity contribution in [1.82, 2.24) is 14.6 Å². The topological polar surface area (TPSA) is 112 Å². The van der Waals surface area contributed by atoms with Crippen molar-refractivity contribution in [3.63, 3.8) is 0 Å². The second-order valence-corrected chi connectivity index (χ2v) is 3.23. The number of carbonyl (C=O) groups excluding carboxylic acids is 1. The monoisotopic (exact) mass is 251 g/mol. The molecule has 2 aromatic heterocycles. The maximum Gasteiger partial charge on any atom is 0.414 e. The molecule has 9 nitrogen and oxygen atoms in total. The van der Waals surface area contributed by atoms with Gasteiger partial charge in [0.05, 0.1) is 11.5 Å². The van der Waals surface area contributed by atoms with E-state index < -0.39 is 11.0 Å². The fraction of sp³-hybridized carbons (Fsp3) is 0.222. The molecule has 0 spiro atoms. The maximum atomic E-state index is 11.1. The summed E-state index contributed by atoms with van der Waals surface area (Å²) < 4.78 is 5.86. The highest BCUT2D eigenvalue weighted by atomic mass is 16.6. The second-order valence-electron chi connectivity index (χ2n) is 3.23. The Bertz CT molecular complexity index is 608. The Hall–Kier alpha value is -2.71. The maximum absolute atomic E-state index is 11.1. The third-order valence-electron chi connectivity index (χ3n) is 2.02. The molecule has 0 aliphatic carbocycles. The predicted octanol–water partition coefficient (Wildman–Crippen LogP) is 1.21. The molecular formula is C9H9N5O4. The summed E-state index contributed by atoms with van der Waals surface area (Å²) in [6, 6.07) is 2.74. The van der Waals surface area contributed by atoms with Gasteiger partial charge in [-0.25, -0.2) is 9.31 Å². The molecule has 0 aliphatic heterocycles. The van der Waals surface area contributed by atoms with Crippen molar-refractivity contribution in [2.75, 3.05) is 11.9 Å². The number of aromatic nitrogens is 3. The SMILES string of the molecule is CCOC(=O)Nc1nc2ccc([N+](=O)[O-])cn2n1. The van der Waals surface area contributed by atoms with Crippen LogP contribution in [0.3, 0.4) is 0 Å². The Morgan fingerprint density at radius 2 is 2.39 bits per heavy atom. The molecule has 0 unspecified atom stereocenters. The van der Waals surface area contributed by atoms with Crippen molar-refractivity contribution in [1.29, 1.82) is 0 Å². The van der Waals surface area contributed by atoms with E-state index in [2.05, 4.69) is 20.1 Å². The van der Waals surface area contributed by atoms with Crippen molar-refractivity contribution in [3.05, 3.63) is 28.4 Å². The highest BCUT2D eigenvalue weighted by Gasteiger charge is 2.11. The van der Waals surface area contributed by atoms with Gasteiger partial charge in [0.15, 0.2) is 5.65 Å². The first-order chi connectivity index (χ1) is 8.60. The quantitative estimate of drug-likeness (QED) is 0.648. The van der Waals surface area contributed by atoms with E-state index in [-0.39, 0.29) is 18.2 Å². The number of anilines is 1. The molecule has 9 heteroatoms. The summed E-state index contributed by atoms with van der Waals surface area (Å²) in [5.74, 6) is 0.0222. The fourth-order valence-corrected chi connectivity index (χ4v) is 1.29. The molecule has 0 aliphatic rings. The Morgan fingerprint density at radius 3 is 3.06 bits per heavy atom. The van der Waals surface area contributed by atoms with Gasteiger partial charge in [-0.3, -0.25) is 15.4 Å². The van der Waals surface area contributed by atoms with Crippen LogP contribution >= 0.6 is 0 Å². The molecule has 0 aromatic carbocycles. The van der Waals surface area contributed by atoms with Crippen LogP contribution in [-0.2, 0) is 4.74 Å². The minimum absolute atomic E-state index is 0.0222. The van der Waals surface area contributed by atoms with E-state index in [9.17, 15) is 14.9 Å². The number of hydrogen-bond acceptors (Lipinski definition) is 6. The summed E-state index contributed by atoms with van der Waals surface area (Å²) in [6.45, 7) is 1.89. The van der Waals surface area contributed by atoms with Gasteiger partial charge in [-0.2, -0.15) is 4.98 Å². The average molecular weight is 251 g/mol. The summed E-state index contributed by atoms with van der Waals surface area (Å²) in [6.07, 6.45) is 0.529. The summed E-state index contributed by atoms with van der Waals surface area (Å²) in [4.78, 5) is 25.1. The molecule has 0 fully saturated rings. The summed E-state index contributed by atoms with van der Waals surface area (Å²) in [7, 11) is 0. The van der Waals surface area contributed by atoms with Crippen LogP contribution in [0.1, 0.15) is 6.92 Å². The molecule has 1 N–H and O–H groups in total. The number of amides is 1. The van der Waals surface area contributed by atoms with Gasteiger partial charge in [-0.15, -0.1) is 5.10 Å². The average Bonchev–Trinajstić information content (AvgIpc) is 2.69. The van der Waals surface area contributed by atoms with Crippen molar-refractivity contribution in [2.24, 2.45) is 0 Å². The van der Waals surface area contributed by atoms with Gasteiger partial charge >= 0.3 is 6.09 Å². The number of pyridine rings is 1. The van der Waals surface area contributed by atoms with E-state index in [4.69, 9.17) is 0 Å². The van der Waals surface area contributed by atoms with Gasteiger partial charge in [-0.1, -0.05) is 0 Å². The van der Waals surface area contributed by atoms with E-state index >= 15 is 0 Å². The van der Waals surface area contributed by atoms with E-state index in [1.54, 1.807) is 6.92 Å². The third-order valence-corrected chi connectivity index (χ3v) is 2.02. The molecule has 1 amide bonds. The van der Waals surface area contributed by atoms with E-state index in [1.165, 1.54) is 22.8 Å². The van der Waals surface area contributed by atoms with Crippen molar-refractivity contribution >= 4 is 23.4 Å². The zero-order chi connectivity index (χ0) is 13.1. The number of nitrogens with zero attached hydrogens (tertiary/aromatic N) is 4. The Balaban J connectivity index is 2.27. The van der Waals surface area contributed by atoms with E-state index in [0.717, 1.165) is 0 Å². The lowest BCUT2D eigenvalue weighted by Crippen LogP contribution is -2.14. The smallest absolute Gasteiger partial charge is 0.414 e. The van der Waals surface area contributed by atoms with Crippen LogP contribution in [0.25, 0.3) is 5.65 Å². The molecule has 0 atom stereocenters. The number of rotatable bonds is 3. The zero-order valence-electron chi connectivity index (χ0n) is 9.36. The van der Waals surface area contributed by atoms with Crippen LogP contribution in [0.5, 0.6) is 0 Å². The van der Waals surface area contributed by atoms with Crippen molar-refractivity contribution in [3.8, 4) is 0 Å². The van der Waals surface area contributed by atoms with Gasteiger partial charge in [0.1, 0.15) is 6.20 Å². The first kappa shape index (κ1) is 11.8. The molecule has 0 radical (unpaired) electrons. The first-order valence-corrected chi connectivity index (χ1v) is 5.04. The van der Waals surface area contributed by atoms with Gasteiger partial charge in [0.25, 0.3) is 11.6 Å². The lowest BCUT2D eigenvalue weighted by Gasteiger charge is -1.98. The van der Waals surface area contributed by atoms with Gasteiger partial charge < -0.3 is 4.74 Å². The minimum Gasteiger partial charge on any atom is -0.450 e. The number of nitro groups is 1. The van der Waals surface area contributed by atoms with Gasteiger partial charge in [0, 0.05) is 6.07 Å². The normalized spacial score (nSPS) is 10.3. The van der Waals surface area contributed by atoms with Crippen LogP contribution in [0.15, 0.2) is 18.3 Å². The number of ether oxygens (including phenoxy) is 1. The molecular weight excluding hydrogens is 242 g/mol. The molecule has 94 valence electrons. The number of nitrogens with one attached hydrogen (secondary N) is 1. The number of hydrogen-bond donors (Lipinski definition) is 1. The lowest BCUT2D eigenvalue weighted by molar-refractivity contribution is -0.385. The third kappa shape index (κ3) is 2.34. The second kappa shape index (κ2) is 4.65. The fourth-order valence-electron chi connectivity index (χ4n) is 1.29. The molecule has 0 saturated heterocycles. The van der Waals surface area contributed by atoms with Crippen LogP contribution in [-0.4, -0.2) is 32.2 Å². The van der Waals surface area contributed by atoms with Gasteiger partial charge in [-0.05, 0) is 13.0 Å². The van der Waals surface area contributed by atoms with Crippen LogP contribution in [0.2, 0.25) is 0 Å². The van der Waals surface area contributed by atoms with Crippen molar-refractivity contribution in [2.45, 2.75) is 6.92 Å². The molecule has 2 aromatic rings. The van der Waals surface area contributed by atoms with E-state index in [1.807, 2.05) is 0 Å². The zero-order valence-corrected chi connectivity index (χ0v) is 9.36. The highest BCUT2D eigenvalue weighted by Crippen LogP contribution is 2.13. The van der Waals surface area contributed by atoms with Gasteiger partial charge in [0.2, 0.25) is 0 Å². The molecule has 18 heavy (non-hydrogen) atoms. The van der Waals surface area contributed by atoms with Crippen LogP contribution in [0, 0.1) is 10.1 Å². The highest BCUT2D eigenvalue weighted by molar-refractivity contribution is 5.82. The summed E-state index contributed by atoms with van der Waals surface area (Å²) in [5.41, 5.74) is 0.266. The van der Waals surface area contributed by atoms with E-state index in [0.29, 0.717) is 5.65 Å². The predicted molar refractivity (Wildman–Crippen MR) is 60.3 cm³/mol. The Kier molecular flexibility index (Phi) is 3.04. The number of fused-ring (bicyclic) bond motifs is 1. The Morgan fingerprint density at radius 1 is 1.61 bits per heavy atom. The van der Waals surface area contributed by atoms with Crippen LogP contribution < -0.4 is 5.32 Å². The summed E-state index contributed by atoms with van der Waals surface area (Å²) in [5, 5.41) is 16.7. The standard InChI is InChI=1S/C9H9N5O4/c1-2-18-9(15)11-8-10-7-4-3-6(14(16)17)5-13(7)12-8/h3-5H,2H2,1H3,(H,11,12,15). The molecule has 2 heterocycles. The van der Waals surface area contributed by atoms with Crippen molar-refractivity contribution < 1.29 is 14.5 Å². The molecule has 2 rings (SSSR count).